The molecule has 2 rings (SSSR count). The lowest BCUT2D eigenvalue weighted by Crippen LogP contribution is -2.28. The largest absolute Gasteiger partial charge is 0.342 e. The van der Waals surface area contributed by atoms with Crippen LogP contribution in [-0.2, 0) is 4.79 Å². The zero-order valence-electron chi connectivity index (χ0n) is 15.9. The molecule has 0 saturated carbocycles. The number of hydrogen-bond donors (Lipinski definition) is 2. The van der Waals surface area contributed by atoms with Crippen LogP contribution in [0.1, 0.15) is 47.4 Å². The average molecular weight is 367 g/mol. The molecule has 0 aliphatic rings. The first-order valence-electron chi connectivity index (χ1n) is 8.95. The van der Waals surface area contributed by atoms with E-state index in [1.165, 1.54) is 6.92 Å². The molecule has 3 amide bonds. The predicted octanol–water partition coefficient (Wildman–Crippen LogP) is 3.77. The maximum Gasteiger partial charge on any atom is 0.255 e. The third-order valence-corrected chi connectivity index (χ3v) is 4.01. The summed E-state index contributed by atoms with van der Waals surface area (Å²) in [4.78, 5) is 37.8. The third kappa shape index (κ3) is 5.95. The van der Waals surface area contributed by atoms with E-state index < -0.39 is 0 Å². The molecule has 0 heterocycles. The van der Waals surface area contributed by atoms with Gasteiger partial charge in [-0.05, 0) is 42.8 Å². The molecule has 0 saturated heterocycles. The minimum absolute atomic E-state index is 0.106. The number of unbranched alkanes of at least 4 members (excludes halogenated alkanes) is 1. The second-order valence-corrected chi connectivity index (χ2v) is 6.38. The van der Waals surface area contributed by atoms with Gasteiger partial charge >= 0.3 is 0 Å². The van der Waals surface area contributed by atoms with Crippen LogP contribution < -0.4 is 10.6 Å². The van der Waals surface area contributed by atoms with E-state index in [4.69, 9.17) is 0 Å². The normalized spacial score (nSPS) is 10.2. The van der Waals surface area contributed by atoms with Gasteiger partial charge in [-0.15, -0.1) is 0 Å². The fourth-order valence-corrected chi connectivity index (χ4v) is 2.59. The van der Waals surface area contributed by atoms with Gasteiger partial charge in [0.2, 0.25) is 5.91 Å². The highest BCUT2D eigenvalue weighted by molar-refractivity contribution is 6.06. The summed E-state index contributed by atoms with van der Waals surface area (Å²) < 4.78 is 0. The Morgan fingerprint density at radius 2 is 1.56 bits per heavy atom. The summed E-state index contributed by atoms with van der Waals surface area (Å²) in [6, 6.07) is 13.5. The van der Waals surface area contributed by atoms with Gasteiger partial charge < -0.3 is 15.5 Å². The Morgan fingerprint density at radius 3 is 2.22 bits per heavy atom. The summed E-state index contributed by atoms with van der Waals surface area (Å²) in [6.07, 6.45) is 1.95. The lowest BCUT2D eigenvalue weighted by molar-refractivity contribution is -0.114. The Bertz CT molecular complexity index is 833. The van der Waals surface area contributed by atoms with Crippen molar-refractivity contribution in [2.75, 3.05) is 24.2 Å². The maximum absolute atomic E-state index is 12.5. The molecule has 0 spiro atoms. The number of amides is 3. The predicted molar refractivity (Wildman–Crippen MR) is 107 cm³/mol. The molecule has 27 heavy (non-hydrogen) atoms. The van der Waals surface area contributed by atoms with Crippen molar-refractivity contribution in [2.45, 2.75) is 26.7 Å². The van der Waals surface area contributed by atoms with Crippen LogP contribution in [0, 0.1) is 0 Å². The first kappa shape index (κ1) is 20.2. The van der Waals surface area contributed by atoms with Crippen LogP contribution in [0.15, 0.2) is 48.5 Å². The average Bonchev–Trinajstić information content (AvgIpc) is 2.65. The monoisotopic (exact) mass is 367 g/mol. The number of rotatable bonds is 7. The van der Waals surface area contributed by atoms with Crippen LogP contribution in [0.5, 0.6) is 0 Å². The zero-order valence-corrected chi connectivity index (χ0v) is 15.9. The van der Waals surface area contributed by atoms with Crippen molar-refractivity contribution >= 4 is 29.1 Å². The Morgan fingerprint density at radius 1 is 0.926 bits per heavy atom. The molecule has 0 aliphatic carbocycles. The smallest absolute Gasteiger partial charge is 0.255 e. The zero-order chi connectivity index (χ0) is 19.8. The van der Waals surface area contributed by atoms with Crippen LogP contribution in [-0.4, -0.2) is 36.2 Å². The van der Waals surface area contributed by atoms with E-state index in [-0.39, 0.29) is 17.7 Å². The molecule has 0 bridgehead atoms. The highest BCUT2D eigenvalue weighted by Crippen LogP contribution is 2.17. The number of carbonyl (C=O) groups excluding carboxylic acids is 3. The summed E-state index contributed by atoms with van der Waals surface area (Å²) in [5.41, 5.74) is 2.03. The lowest BCUT2D eigenvalue weighted by atomic mass is 10.1. The van der Waals surface area contributed by atoms with Gasteiger partial charge in [0.05, 0.1) is 0 Å². The van der Waals surface area contributed by atoms with Crippen LogP contribution >= 0.6 is 0 Å². The minimum atomic E-state index is -0.319. The van der Waals surface area contributed by atoms with Crippen molar-refractivity contribution in [1.29, 1.82) is 0 Å². The molecule has 6 nitrogen and oxygen atoms in total. The number of anilines is 2. The summed E-state index contributed by atoms with van der Waals surface area (Å²) in [5, 5.41) is 5.46. The van der Waals surface area contributed by atoms with E-state index in [0.717, 1.165) is 12.8 Å². The van der Waals surface area contributed by atoms with Gasteiger partial charge in [-0.3, -0.25) is 14.4 Å². The topological polar surface area (TPSA) is 78.5 Å². The fraction of sp³-hybridized carbons (Fsp3) is 0.286. The number of hydrogen-bond acceptors (Lipinski definition) is 3. The van der Waals surface area contributed by atoms with Gasteiger partial charge in [0, 0.05) is 43.0 Å². The van der Waals surface area contributed by atoms with Crippen LogP contribution in [0.3, 0.4) is 0 Å². The molecule has 2 aromatic carbocycles. The van der Waals surface area contributed by atoms with E-state index in [9.17, 15) is 14.4 Å². The quantitative estimate of drug-likeness (QED) is 0.782. The van der Waals surface area contributed by atoms with E-state index in [1.54, 1.807) is 60.5 Å². The number of benzene rings is 2. The highest BCUT2D eigenvalue weighted by Gasteiger charge is 2.14. The van der Waals surface area contributed by atoms with Crippen LogP contribution in [0.25, 0.3) is 0 Å². The Labute approximate surface area is 159 Å². The first-order valence-corrected chi connectivity index (χ1v) is 8.95. The number of nitrogens with zero attached hydrogens (tertiary/aromatic N) is 1. The molecule has 142 valence electrons. The van der Waals surface area contributed by atoms with Gasteiger partial charge in [0.15, 0.2) is 0 Å². The highest BCUT2D eigenvalue weighted by atomic mass is 16.2. The third-order valence-electron chi connectivity index (χ3n) is 4.01. The van der Waals surface area contributed by atoms with E-state index in [1.807, 2.05) is 0 Å². The van der Waals surface area contributed by atoms with Crippen LogP contribution in [0.4, 0.5) is 11.4 Å². The van der Waals surface area contributed by atoms with Gasteiger partial charge in [-0.2, -0.15) is 0 Å². The van der Waals surface area contributed by atoms with E-state index >= 15 is 0 Å². The van der Waals surface area contributed by atoms with Crippen molar-refractivity contribution in [3.63, 3.8) is 0 Å². The molecule has 2 N–H and O–H groups in total. The molecular weight excluding hydrogens is 342 g/mol. The fourth-order valence-electron chi connectivity index (χ4n) is 2.59. The second kappa shape index (κ2) is 9.52. The van der Waals surface area contributed by atoms with Gasteiger partial charge in [0.25, 0.3) is 11.8 Å². The molecule has 2 aromatic rings. The van der Waals surface area contributed by atoms with Crippen molar-refractivity contribution in [2.24, 2.45) is 0 Å². The molecule has 0 radical (unpaired) electrons. The van der Waals surface area contributed by atoms with Gasteiger partial charge in [-0.1, -0.05) is 25.5 Å². The molecule has 0 atom stereocenters. The molecule has 0 unspecified atom stereocenters. The molecule has 0 aliphatic heterocycles. The van der Waals surface area contributed by atoms with E-state index in [0.29, 0.717) is 29.0 Å². The van der Waals surface area contributed by atoms with Crippen molar-refractivity contribution in [3.05, 3.63) is 59.7 Å². The molecule has 0 aromatic heterocycles. The standard InChI is InChI=1S/C21H25N3O3/c1-4-5-12-24(3)21(27)17-9-6-8-16(13-17)20(26)23-19-11-7-10-18(14-19)22-15(2)25/h6-11,13-14H,4-5,12H2,1-3H3,(H,22,25)(H,23,26). The number of carbonyl (C=O) groups is 3. The van der Waals surface area contributed by atoms with Crippen molar-refractivity contribution < 1.29 is 14.4 Å². The SMILES string of the molecule is CCCCN(C)C(=O)c1cccc(C(=O)Nc2cccc(NC(C)=O)c2)c1. The van der Waals surface area contributed by atoms with Crippen molar-refractivity contribution in [3.8, 4) is 0 Å². The summed E-state index contributed by atoms with van der Waals surface area (Å²) >= 11 is 0. The van der Waals surface area contributed by atoms with Gasteiger partial charge in [-0.25, -0.2) is 0 Å². The van der Waals surface area contributed by atoms with Crippen molar-refractivity contribution in [1.82, 2.24) is 4.90 Å². The summed E-state index contributed by atoms with van der Waals surface area (Å²) in [5.74, 6) is -0.608. The van der Waals surface area contributed by atoms with E-state index in [2.05, 4.69) is 17.6 Å². The molecule has 6 heteroatoms. The molecular formula is C21H25N3O3. The van der Waals surface area contributed by atoms with Gasteiger partial charge in [0.1, 0.15) is 0 Å². The Balaban J connectivity index is 2.11. The lowest BCUT2D eigenvalue weighted by Gasteiger charge is -2.17. The second-order valence-electron chi connectivity index (χ2n) is 6.38. The number of nitrogens with one attached hydrogen (secondary N) is 2. The summed E-state index contributed by atoms with van der Waals surface area (Å²) in [6.45, 7) is 4.18. The first-order chi connectivity index (χ1) is 12.9. The van der Waals surface area contributed by atoms with Crippen LogP contribution in [0.2, 0.25) is 0 Å². The minimum Gasteiger partial charge on any atom is -0.342 e. The molecule has 0 fully saturated rings. The Hall–Kier alpha value is -3.15. The maximum atomic E-state index is 12.5. The summed E-state index contributed by atoms with van der Waals surface area (Å²) in [7, 11) is 1.76. The Kier molecular flexibility index (Phi) is 7.11.